The zero-order valence-corrected chi connectivity index (χ0v) is 14.9. The molecule has 0 saturated heterocycles. The predicted octanol–water partition coefficient (Wildman–Crippen LogP) is 3.73. The van der Waals surface area contributed by atoms with Crippen LogP contribution in [0.3, 0.4) is 0 Å². The number of nitrogens with zero attached hydrogens (tertiary/aromatic N) is 1. The summed E-state index contributed by atoms with van der Waals surface area (Å²) in [7, 11) is 0. The second-order valence-electron chi connectivity index (χ2n) is 5.09. The van der Waals surface area contributed by atoms with Crippen LogP contribution in [0.5, 0.6) is 5.75 Å². The van der Waals surface area contributed by atoms with Gasteiger partial charge in [0.2, 0.25) is 5.78 Å². The van der Waals surface area contributed by atoms with Crippen molar-refractivity contribution in [3.63, 3.8) is 0 Å². The Balaban J connectivity index is 2.06. The van der Waals surface area contributed by atoms with E-state index in [1.54, 1.807) is 24.3 Å². The number of Topliss-reactive ketones (excluding diaryl/α,β-unsaturated/α-hetero) is 1. The standard InChI is InChI=1S/C17H10Cl2N2O3S/c18-9-1-4-11(5-2-9)21(17(20)25)8-13-15(22)12-7-10(19)3-6-14(12)24-16(13)23/h1-8H,(H2,20,25)/b13-8-. The first kappa shape index (κ1) is 17.4. The molecular weight excluding hydrogens is 383 g/mol. The monoisotopic (exact) mass is 392 g/mol. The Morgan fingerprint density at radius 2 is 1.72 bits per heavy atom. The first-order chi connectivity index (χ1) is 11.9. The summed E-state index contributed by atoms with van der Waals surface area (Å²) in [4.78, 5) is 26.2. The van der Waals surface area contributed by atoms with Crippen molar-refractivity contribution >= 4 is 58.0 Å². The summed E-state index contributed by atoms with van der Waals surface area (Å²) in [5.41, 5.74) is 6.25. The summed E-state index contributed by atoms with van der Waals surface area (Å²) in [5.74, 6) is -1.16. The fourth-order valence-corrected chi connectivity index (χ4v) is 2.73. The van der Waals surface area contributed by atoms with Crippen LogP contribution in [0, 0.1) is 0 Å². The molecule has 1 aliphatic heterocycles. The normalized spacial score (nSPS) is 14.9. The molecule has 0 amide bonds. The minimum absolute atomic E-state index is 0.0488. The lowest BCUT2D eigenvalue weighted by Crippen LogP contribution is -2.34. The maximum absolute atomic E-state index is 12.7. The topological polar surface area (TPSA) is 72.6 Å². The maximum atomic E-state index is 12.7. The molecule has 1 aliphatic rings. The number of benzene rings is 2. The summed E-state index contributed by atoms with van der Waals surface area (Å²) in [6.45, 7) is 0. The van der Waals surface area contributed by atoms with Gasteiger partial charge in [-0.15, -0.1) is 0 Å². The number of carbonyl (C=O) groups is 2. The third kappa shape index (κ3) is 3.51. The van der Waals surface area contributed by atoms with E-state index >= 15 is 0 Å². The number of carbonyl (C=O) groups excluding carboxylic acids is 2. The maximum Gasteiger partial charge on any atom is 0.349 e. The van der Waals surface area contributed by atoms with Crippen LogP contribution in [0.15, 0.2) is 54.2 Å². The molecule has 0 spiro atoms. The van der Waals surface area contributed by atoms with Gasteiger partial charge in [-0.2, -0.15) is 0 Å². The van der Waals surface area contributed by atoms with Gasteiger partial charge in [-0.05, 0) is 54.7 Å². The minimum atomic E-state index is -0.796. The third-order valence-electron chi connectivity index (χ3n) is 3.45. The quantitative estimate of drug-likeness (QED) is 0.276. The van der Waals surface area contributed by atoms with E-state index in [1.165, 1.54) is 29.3 Å². The molecule has 0 atom stereocenters. The first-order valence-corrected chi connectivity index (χ1v) is 8.15. The molecule has 0 fully saturated rings. The zero-order chi connectivity index (χ0) is 18.1. The molecule has 0 aliphatic carbocycles. The van der Waals surface area contributed by atoms with Crippen molar-refractivity contribution in [1.82, 2.24) is 0 Å². The predicted molar refractivity (Wildman–Crippen MR) is 100 cm³/mol. The number of fused-ring (bicyclic) bond motifs is 1. The molecule has 126 valence electrons. The average Bonchev–Trinajstić information content (AvgIpc) is 2.56. The Kier molecular flexibility index (Phi) is 4.76. The molecule has 1 heterocycles. The number of thiocarbonyl (C=S) groups is 1. The second-order valence-corrected chi connectivity index (χ2v) is 6.38. The number of hydrogen-bond acceptors (Lipinski definition) is 4. The van der Waals surface area contributed by atoms with Crippen LogP contribution in [0.25, 0.3) is 0 Å². The van der Waals surface area contributed by atoms with E-state index < -0.39 is 11.8 Å². The summed E-state index contributed by atoms with van der Waals surface area (Å²) < 4.78 is 5.19. The van der Waals surface area contributed by atoms with Gasteiger partial charge in [-0.3, -0.25) is 9.69 Å². The molecule has 25 heavy (non-hydrogen) atoms. The number of esters is 1. The number of nitrogens with two attached hydrogens (primary N) is 1. The fraction of sp³-hybridized carbons (Fsp3) is 0. The van der Waals surface area contributed by atoms with E-state index in [-0.39, 0.29) is 22.0 Å². The highest BCUT2D eigenvalue weighted by Crippen LogP contribution is 2.31. The number of ether oxygens (including phenoxy) is 1. The Morgan fingerprint density at radius 3 is 2.36 bits per heavy atom. The van der Waals surface area contributed by atoms with Crippen LogP contribution in [0.4, 0.5) is 5.69 Å². The molecule has 2 aromatic rings. The lowest BCUT2D eigenvalue weighted by atomic mass is 10.0. The molecule has 0 saturated carbocycles. The van der Waals surface area contributed by atoms with Crippen molar-refractivity contribution in [2.75, 3.05) is 4.90 Å². The SMILES string of the molecule is NC(=S)N(/C=C1\C(=O)Oc2ccc(Cl)cc2C1=O)c1ccc(Cl)cc1. The van der Waals surface area contributed by atoms with Gasteiger partial charge >= 0.3 is 5.97 Å². The number of hydrogen-bond donors (Lipinski definition) is 1. The summed E-state index contributed by atoms with van der Waals surface area (Å²) in [6, 6.07) is 11.0. The van der Waals surface area contributed by atoms with Crippen molar-refractivity contribution in [2.45, 2.75) is 0 Å². The van der Waals surface area contributed by atoms with E-state index in [2.05, 4.69) is 0 Å². The van der Waals surface area contributed by atoms with Crippen molar-refractivity contribution in [1.29, 1.82) is 0 Å². The number of rotatable bonds is 2. The van der Waals surface area contributed by atoms with Crippen LogP contribution < -0.4 is 15.4 Å². The van der Waals surface area contributed by atoms with Crippen molar-refractivity contribution < 1.29 is 14.3 Å². The largest absolute Gasteiger partial charge is 0.422 e. The zero-order valence-electron chi connectivity index (χ0n) is 12.5. The molecule has 5 nitrogen and oxygen atoms in total. The van der Waals surface area contributed by atoms with Crippen molar-refractivity contribution in [2.24, 2.45) is 5.73 Å². The summed E-state index contributed by atoms with van der Waals surface area (Å²) >= 11 is 16.8. The summed E-state index contributed by atoms with van der Waals surface area (Å²) in [5, 5.41) is 0.830. The summed E-state index contributed by atoms with van der Waals surface area (Å²) in [6.07, 6.45) is 1.25. The molecule has 0 bridgehead atoms. The van der Waals surface area contributed by atoms with E-state index in [1.807, 2.05) is 0 Å². The lowest BCUT2D eigenvalue weighted by molar-refractivity contribution is -0.130. The smallest absolute Gasteiger partial charge is 0.349 e. The van der Waals surface area contributed by atoms with E-state index in [4.69, 9.17) is 45.9 Å². The molecule has 3 rings (SSSR count). The Hall–Kier alpha value is -2.41. The van der Waals surface area contributed by atoms with Crippen LogP contribution >= 0.6 is 35.4 Å². The first-order valence-electron chi connectivity index (χ1n) is 6.99. The second kappa shape index (κ2) is 6.84. The van der Waals surface area contributed by atoms with Gasteiger partial charge in [0.15, 0.2) is 5.11 Å². The van der Waals surface area contributed by atoms with Gasteiger partial charge in [0.25, 0.3) is 0 Å². The van der Waals surface area contributed by atoms with E-state index in [9.17, 15) is 9.59 Å². The molecule has 2 aromatic carbocycles. The van der Waals surface area contributed by atoms with Gasteiger partial charge < -0.3 is 10.5 Å². The van der Waals surface area contributed by atoms with Crippen LogP contribution in [0.2, 0.25) is 10.0 Å². The van der Waals surface area contributed by atoms with Crippen LogP contribution in [0.1, 0.15) is 10.4 Å². The third-order valence-corrected chi connectivity index (χ3v) is 4.14. The number of halogens is 2. The minimum Gasteiger partial charge on any atom is -0.422 e. The van der Waals surface area contributed by atoms with E-state index in [0.29, 0.717) is 15.7 Å². The van der Waals surface area contributed by atoms with Gasteiger partial charge in [0.1, 0.15) is 11.3 Å². The van der Waals surface area contributed by atoms with Crippen molar-refractivity contribution in [3.05, 3.63) is 69.8 Å². The fourth-order valence-electron chi connectivity index (χ4n) is 2.27. The van der Waals surface area contributed by atoms with Gasteiger partial charge in [0.05, 0.1) is 5.56 Å². The van der Waals surface area contributed by atoms with Gasteiger partial charge in [0, 0.05) is 21.9 Å². The van der Waals surface area contributed by atoms with E-state index in [0.717, 1.165) is 0 Å². The molecule has 0 unspecified atom stereocenters. The molecular formula is C17H10Cl2N2O3S. The highest BCUT2D eigenvalue weighted by molar-refractivity contribution is 7.80. The number of ketones is 1. The van der Waals surface area contributed by atoms with Crippen LogP contribution in [-0.4, -0.2) is 16.9 Å². The van der Waals surface area contributed by atoms with Crippen LogP contribution in [-0.2, 0) is 4.79 Å². The molecule has 2 N–H and O–H groups in total. The highest BCUT2D eigenvalue weighted by Gasteiger charge is 2.32. The Bertz CT molecular complexity index is 926. The van der Waals surface area contributed by atoms with Gasteiger partial charge in [-0.25, -0.2) is 4.79 Å². The number of anilines is 1. The van der Waals surface area contributed by atoms with Crippen molar-refractivity contribution in [3.8, 4) is 5.75 Å². The Labute approximate surface area is 158 Å². The van der Waals surface area contributed by atoms with Gasteiger partial charge in [-0.1, -0.05) is 23.2 Å². The Morgan fingerprint density at radius 1 is 1.08 bits per heavy atom. The molecule has 0 aromatic heterocycles. The lowest BCUT2D eigenvalue weighted by Gasteiger charge is -2.22. The average molecular weight is 393 g/mol. The molecule has 0 radical (unpaired) electrons. The molecule has 8 heteroatoms. The highest BCUT2D eigenvalue weighted by atomic mass is 35.5.